The van der Waals surface area contributed by atoms with E-state index in [1.54, 1.807) is 0 Å². The average molecular weight is 178 g/mol. The summed E-state index contributed by atoms with van der Waals surface area (Å²) in [7, 11) is 0. The fraction of sp³-hybridized carbons (Fsp3) is 0.200. The van der Waals surface area contributed by atoms with Crippen molar-refractivity contribution in [2.45, 2.75) is 6.85 Å². The van der Waals surface area contributed by atoms with E-state index in [2.05, 4.69) is 25.9 Å². The number of halogens is 1. The van der Waals surface area contributed by atoms with Crippen LogP contribution < -0.4 is 0 Å². The van der Waals surface area contributed by atoms with Crippen molar-refractivity contribution in [3.8, 4) is 0 Å². The van der Waals surface area contributed by atoms with Gasteiger partial charge in [0, 0.05) is 10.3 Å². The topological polar surface area (TPSA) is 25.8 Å². The number of hydrogen-bond acceptors (Lipinski definition) is 2. The lowest BCUT2D eigenvalue weighted by molar-refractivity contribution is 1.08. The van der Waals surface area contributed by atoms with Gasteiger partial charge < -0.3 is 0 Å². The second-order valence-corrected chi connectivity index (χ2v) is 1.89. The van der Waals surface area contributed by atoms with Gasteiger partial charge in [0.05, 0.1) is 11.5 Å². The lowest BCUT2D eigenvalue weighted by Gasteiger charge is -1.89. The van der Waals surface area contributed by atoms with Crippen molar-refractivity contribution in [3.05, 3.63) is 22.6 Å². The van der Waals surface area contributed by atoms with Crippen LogP contribution in [-0.4, -0.2) is 9.97 Å². The maximum atomic E-state index is 7.21. The Balaban J connectivity index is 3.37. The SMILES string of the molecule is [2H]c1nc([2H])c(Br)c(C([2H])([2H])[2H])n1. The maximum absolute atomic E-state index is 7.21. The lowest BCUT2D eigenvalue weighted by atomic mass is 10.5. The fourth-order valence-corrected chi connectivity index (χ4v) is 0.428. The molecule has 42 valence electrons. The smallest absolute Gasteiger partial charge is 0.115 e. The van der Waals surface area contributed by atoms with Crippen molar-refractivity contribution in [2.24, 2.45) is 0 Å². The predicted molar refractivity (Wildman–Crippen MR) is 34.5 cm³/mol. The van der Waals surface area contributed by atoms with E-state index in [0.717, 1.165) is 0 Å². The number of aromatic nitrogens is 2. The van der Waals surface area contributed by atoms with Crippen LogP contribution in [0.15, 0.2) is 16.9 Å². The molecule has 0 radical (unpaired) electrons. The first kappa shape index (κ1) is 2.06. The largest absolute Gasteiger partial charge is 0.244 e. The van der Waals surface area contributed by atoms with Crippen LogP contribution in [0.4, 0.5) is 0 Å². The van der Waals surface area contributed by atoms with Crippen molar-refractivity contribution in [2.75, 3.05) is 0 Å². The van der Waals surface area contributed by atoms with Gasteiger partial charge in [0.1, 0.15) is 7.67 Å². The second kappa shape index (κ2) is 2.22. The van der Waals surface area contributed by atoms with Gasteiger partial charge in [0.15, 0.2) is 0 Å². The normalized spacial score (nSPS) is 19.9. The van der Waals surface area contributed by atoms with E-state index < -0.39 is 13.2 Å². The molecule has 0 spiro atoms. The van der Waals surface area contributed by atoms with E-state index in [9.17, 15) is 0 Å². The molecular weight excluding hydrogens is 168 g/mol. The number of hydrogen-bond donors (Lipinski definition) is 0. The molecule has 0 fully saturated rings. The zero-order chi connectivity index (χ0) is 10.2. The van der Waals surface area contributed by atoms with Crippen molar-refractivity contribution in [1.29, 1.82) is 0 Å². The Hall–Kier alpha value is -0.440. The molecule has 0 bridgehead atoms. The predicted octanol–water partition coefficient (Wildman–Crippen LogP) is 1.55. The summed E-state index contributed by atoms with van der Waals surface area (Å²) in [6, 6.07) is 0. The van der Waals surface area contributed by atoms with E-state index in [0.29, 0.717) is 0 Å². The molecule has 2 nitrogen and oxygen atoms in total. The molecule has 0 aliphatic rings. The van der Waals surface area contributed by atoms with E-state index in [-0.39, 0.29) is 16.3 Å². The zero-order valence-corrected chi connectivity index (χ0v) is 5.36. The molecule has 0 saturated carbocycles. The molecule has 1 heterocycles. The summed E-state index contributed by atoms with van der Waals surface area (Å²) in [6.07, 6.45) is -0.745. The average Bonchev–Trinajstić information content (AvgIpc) is 1.94. The molecule has 3 heteroatoms. The Kier molecular flexibility index (Phi) is 0.572. The summed E-state index contributed by atoms with van der Waals surface area (Å²) in [5.41, 5.74) is -0.294. The van der Waals surface area contributed by atoms with Crippen molar-refractivity contribution in [1.82, 2.24) is 9.97 Å². The van der Waals surface area contributed by atoms with Gasteiger partial charge in [0.2, 0.25) is 0 Å². The lowest BCUT2D eigenvalue weighted by Crippen LogP contribution is -1.81. The van der Waals surface area contributed by atoms with Crippen LogP contribution >= 0.6 is 15.9 Å². The fourth-order valence-electron chi connectivity index (χ4n) is 0.251. The molecule has 0 atom stereocenters. The molecule has 1 aromatic rings. The first-order valence-electron chi connectivity index (χ1n) is 4.33. The summed E-state index contributed by atoms with van der Waals surface area (Å²) in [4.78, 5) is 6.80. The van der Waals surface area contributed by atoms with Crippen molar-refractivity contribution >= 4 is 15.9 Å². The number of nitrogens with zero attached hydrogens (tertiary/aromatic N) is 2. The minimum atomic E-state index is -2.42. The highest BCUT2D eigenvalue weighted by Crippen LogP contribution is 2.08. The first-order valence-corrected chi connectivity index (χ1v) is 2.63. The summed E-state index contributed by atoms with van der Waals surface area (Å²) >= 11 is 2.89. The van der Waals surface area contributed by atoms with Crippen molar-refractivity contribution in [3.63, 3.8) is 0 Å². The number of aryl methyl sites for hydroxylation is 1. The summed E-state index contributed by atoms with van der Waals surface area (Å²) in [6.45, 7) is -2.42. The molecule has 1 rings (SSSR count). The van der Waals surface area contributed by atoms with Crippen molar-refractivity contribution < 1.29 is 6.85 Å². The molecule has 0 saturated heterocycles. The third-order valence-corrected chi connectivity index (χ3v) is 1.13. The number of rotatable bonds is 0. The van der Waals surface area contributed by atoms with E-state index in [4.69, 9.17) is 6.85 Å². The van der Waals surface area contributed by atoms with E-state index >= 15 is 0 Å². The third-order valence-electron chi connectivity index (χ3n) is 0.574. The molecule has 8 heavy (non-hydrogen) atoms. The van der Waals surface area contributed by atoms with Crippen LogP contribution in [-0.2, 0) is 0 Å². The highest BCUT2D eigenvalue weighted by molar-refractivity contribution is 9.10. The Labute approximate surface area is 63.1 Å². The molecular formula is C5H5BrN2. The Morgan fingerprint density at radius 2 is 2.88 bits per heavy atom. The Morgan fingerprint density at radius 3 is 3.62 bits per heavy atom. The highest BCUT2D eigenvalue weighted by Gasteiger charge is 1.88. The van der Waals surface area contributed by atoms with Crippen LogP contribution in [0.1, 0.15) is 12.5 Å². The molecule has 0 aliphatic heterocycles. The molecule has 0 aliphatic carbocycles. The van der Waals surface area contributed by atoms with Crippen LogP contribution in [0.25, 0.3) is 0 Å². The molecule has 0 aromatic carbocycles. The van der Waals surface area contributed by atoms with E-state index in [1.807, 2.05) is 0 Å². The first-order chi connectivity index (χ1) is 5.82. The third kappa shape index (κ3) is 1.04. The highest BCUT2D eigenvalue weighted by atomic mass is 79.9. The minimum absolute atomic E-state index is 0.0171. The standard InChI is InChI=1S/C5H5BrN2/c1-4-5(6)2-7-3-8-4/h2-3H,1H3/i1D3,2D,3D. The van der Waals surface area contributed by atoms with E-state index in [1.165, 1.54) is 0 Å². The second-order valence-electron chi connectivity index (χ2n) is 1.10. The quantitative estimate of drug-likeness (QED) is 0.602. The van der Waals surface area contributed by atoms with Crippen LogP contribution in [0.5, 0.6) is 0 Å². The Bertz CT molecular complexity index is 336. The van der Waals surface area contributed by atoms with Gasteiger partial charge in [-0.3, -0.25) is 0 Å². The molecule has 0 N–H and O–H groups in total. The van der Waals surface area contributed by atoms with Crippen LogP contribution in [0.3, 0.4) is 0 Å². The minimum Gasteiger partial charge on any atom is -0.244 e. The van der Waals surface area contributed by atoms with Crippen LogP contribution in [0, 0.1) is 6.85 Å². The van der Waals surface area contributed by atoms with Gasteiger partial charge in [-0.25, -0.2) is 9.97 Å². The summed E-state index contributed by atoms with van der Waals surface area (Å²) in [5, 5.41) is 0. The zero-order valence-electron chi connectivity index (χ0n) is 8.77. The van der Waals surface area contributed by atoms with Gasteiger partial charge in [-0.15, -0.1) is 0 Å². The van der Waals surface area contributed by atoms with Gasteiger partial charge in [-0.1, -0.05) is 0 Å². The van der Waals surface area contributed by atoms with Gasteiger partial charge >= 0.3 is 0 Å². The summed E-state index contributed by atoms with van der Waals surface area (Å²) in [5.74, 6) is 0. The monoisotopic (exact) mass is 177 g/mol. The van der Waals surface area contributed by atoms with Gasteiger partial charge in [-0.2, -0.15) is 0 Å². The summed E-state index contributed by atoms with van der Waals surface area (Å²) < 4.78 is 35.4. The van der Waals surface area contributed by atoms with Crippen LogP contribution in [0.2, 0.25) is 0 Å². The molecule has 1 aromatic heterocycles. The Morgan fingerprint density at radius 1 is 2.00 bits per heavy atom. The van der Waals surface area contributed by atoms with Gasteiger partial charge in [-0.05, 0) is 22.8 Å². The molecule has 0 unspecified atom stereocenters. The maximum Gasteiger partial charge on any atom is 0.115 e. The molecule has 0 amide bonds. The van der Waals surface area contributed by atoms with Gasteiger partial charge in [0.25, 0.3) is 0 Å².